The first kappa shape index (κ1) is 16.8. The Kier molecular flexibility index (Phi) is 6.32. The number of amides is 1. The second-order valence-electron chi connectivity index (χ2n) is 6.65. The Morgan fingerprint density at radius 3 is 2.45 bits per heavy atom. The number of aryl methyl sites for hydroxylation is 2. The fourth-order valence-electron chi connectivity index (χ4n) is 2.61. The van der Waals surface area contributed by atoms with E-state index >= 15 is 0 Å². The number of hydrogen-bond acceptors (Lipinski definition) is 1. The van der Waals surface area contributed by atoms with Crippen LogP contribution >= 0.6 is 0 Å². The average Bonchev–Trinajstić information content (AvgIpc) is 2.38. The van der Waals surface area contributed by atoms with E-state index in [9.17, 15) is 4.79 Å². The molecule has 20 heavy (non-hydrogen) atoms. The zero-order valence-corrected chi connectivity index (χ0v) is 13.6. The van der Waals surface area contributed by atoms with Gasteiger partial charge in [0.2, 0.25) is 13.3 Å². The van der Waals surface area contributed by atoms with Gasteiger partial charge in [-0.25, -0.2) is 0 Å². The van der Waals surface area contributed by atoms with Gasteiger partial charge in [0.1, 0.15) is 0 Å². The highest BCUT2D eigenvalue weighted by atomic mass is 16.1. The minimum atomic E-state index is 0.0861. The van der Waals surface area contributed by atoms with Gasteiger partial charge >= 0.3 is 0 Å². The molecule has 1 atom stereocenters. The highest BCUT2D eigenvalue weighted by Gasteiger charge is 2.24. The van der Waals surface area contributed by atoms with Crippen LogP contribution in [0.2, 0.25) is 6.82 Å². The van der Waals surface area contributed by atoms with E-state index in [-0.39, 0.29) is 17.2 Å². The molecule has 0 saturated carbocycles. The van der Waals surface area contributed by atoms with Crippen molar-refractivity contribution >= 4 is 13.3 Å². The van der Waals surface area contributed by atoms with Crippen LogP contribution in [-0.2, 0) is 11.2 Å². The molecule has 0 aliphatic carbocycles. The quantitative estimate of drug-likeness (QED) is 0.757. The Hall–Kier alpha value is -1.25. The summed E-state index contributed by atoms with van der Waals surface area (Å²) in [6, 6.07) is 8.75. The van der Waals surface area contributed by atoms with Crippen molar-refractivity contribution in [1.29, 1.82) is 0 Å². The predicted octanol–water partition coefficient (Wildman–Crippen LogP) is 3.50. The van der Waals surface area contributed by atoms with Gasteiger partial charge in [-0.1, -0.05) is 57.4 Å². The molecule has 1 N–H and O–H groups in total. The fraction of sp³-hybridized carbons (Fsp3) is 0.588. The van der Waals surface area contributed by atoms with Crippen molar-refractivity contribution in [1.82, 2.24) is 5.23 Å². The maximum absolute atomic E-state index is 11.8. The van der Waals surface area contributed by atoms with Gasteiger partial charge in [0.05, 0.1) is 0 Å². The van der Waals surface area contributed by atoms with E-state index in [0.29, 0.717) is 7.41 Å². The molecule has 0 aliphatic rings. The standard InChI is InChI=1S/C17H28BNO/c1-13-6-8-15(9-7-13)10-11-17(3,4)12-14(2)16(20)19-18-5/h6-9,14,18H,10-12H2,1-5H3,(H,19,20). The molecule has 0 fully saturated rings. The van der Waals surface area contributed by atoms with Gasteiger partial charge in [-0.05, 0) is 37.2 Å². The van der Waals surface area contributed by atoms with Gasteiger partial charge in [-0.3, -0.25) is 4.79 Å². The van der Waals surface area contributed by atoms with Gasteiger partial charge in [0.25, 0.3) is 0 Å². The van der Waals surface area contributed by atoms with E-state index in [2.05, 4.69) is 50.3 Å². The molecule has 1 unspecified atom stereocenters. The van der Waals surface area contributed by atoms with Crippen LogP contribution in [0.5, 0.6) is 0 Å². The Balaban J connectivity index is 2.48. The van der Waals surface area contributed by atoms with E-state index in [1.54, 1.807) is 0 Å². The molecule has 1 aromatic carbocycles. The van der Waals surface area contributed by atoms with Crippen molar-refractivity contribution in [2.24, 2.45) is 11.3 Å². The minimum absolute atomic E-state index is 0.0861. The van der Waals surface area contributed by atoms with Crippen LogP contribution in [0.15, 0.2) is 24.3 Å². The van der Waals surface area contributed by atoms with Crippen LogP contribution in [0, 0.1) is 18.3 Å². The van der Waals surface area contributed by atoms with Gasteiger partial charge in [-0.2, -0.15) is 0 Å². The average molecular weight is 273 g/mol. The number of rotatable bonds is 7. The van der Waals surface area contributed by atoms with Crippen molar-refractivity contribution in [3.8, 4) is 0 Å². The molecule has 0 aliphatic heterocycles. The van der Waals surface area contributed by atoms with Crippen LogP contribution in [0.4, 0.5) is 0 Å². The maximum atomic E-state index is 11.8. The van der Waals surface area contributed by atoms with E-state index < -0.39 is 0 Å². The number of hydrogen-bond donors (Lipinski definition) is 1. The molecule has 110 valence electrons. The van der Waals surface area contributed by atoms with E-state index in [0.717, 1.165) is 19.3 Å². The largest absolute Gasteiger partial charge is 0.403 e. The maximum Gasteiger partial charge on any atom is 0.232 e. The van der Waals surface area contributed by atoms with Gasteiger partial charge in [0.15, 0.2) is 0 Å². The lowest BCUT2D eigenvalue weighted by Gasteiger charge is -2.27. The third-order valence-electron chi connectivity index (χ3n) is 3.87. The summed E-state index contributed by atoms with van der Waals surface area (Å²) in [6.07, 6.45) is 3.12. The summed E-state index contributed by atoms with van der Waals surface area (Å²) in [5, 5.41) is 2.91. The molecule has 0 saturated heterocycles. The van der Waals surface area contributed by atoms with Crippen LogP contribution in [0.1, 0.15) is 44.7 Å². The summed E-state index contributed by atoms with van der Waals surface area (Å²) in [5.74, 6) is 0.263. The van der Waals surface area contributed by atoms with Crippen LogP contribution < -0.4 is 5.23 Å². The van der Waals surface area contributed by atoms with Crippen molar-refractivity contribution in [2.45, 2.75) is 53.8 Å². The first-order chi connectivity index (χ1) is 9.34. The number of nitrogens with one attached hydrogen (secondary N) is 1. The number of carbonyl (C=O) groups is 1. The monoisotopic (exact) mass is 273 g/mol. The molecule has 1 amide bonds. The van der Waals surface area contributed by atoms with E-state index in [1.165, 1.54) is 11.1 Å². The number of benzene rings is 1. The summed E-state index contributed by atoms with van der Waals surface area (Å²) in [7, 11) is 0.715. The normalized spacial score (nSPS) is 12.8. The number of carbonyl (C=O) groups excluding carboxylic acids is 1. The molecule has 0 heterocycles. The molecular formula is C17H28BNO. The Labute approximate surface area is 124 Å². The molecular weight excluding hydrogens is 245 g/mol. The Bertz CT molecular complexity index is 425. The fourth-order valence-corrected chi connectivity index (χ4v) is 2.61. The van der Waals surface area contributed by atoms with Crippen molar-refractivity contribution in [3.63, 3.8) is 0 Å². The summed E-state index contributed by atoms with van der Waals surface area (Å²) in [6.45, 7) is 10.6. The van der Waals surface area contributed by atoms with Crippen molar-refractivity contribution in [2.75, 3.05) is 0 Å². The molecule has 0 aromatic heterocycles. The van der Waals surface area contributed by atoms with Gasteiger partial charge in [-0.15, -0.1) is 0 Å². The molecule has 3 heteroatoms. The first-order valence-electron chi connectivity index (χ1n) is 7.67. The van der Waals surface area contributed by atoms with Gasteiger partial charge < -0.3 is 5.23 Å². The lowest BCUT2D eigenvalue weighted by molar-refractivity contribution is -0.123. The highest BCUT2D eigenvalue weighted by molar-refractivity contribution is 6.35. The summed E-state index contributed by atoms with van der Waals surface area (Å²) >= 11 is 0. The second kappa shape index (κ2) is 7.51. The molecule has 1 rings (SSSR count). The summed E-state index contributed by atoms with van der Waals surface area (Å²) in [5.41, 5.74) is 2.88. The Morgan fingerprint density at radius 2 is 1.90 bits per heavy atom. The second-order valence-corrected chi connectivity index (χ2v) is 6.65. The third kappa shape index (κ3) is 5.81. The third-order valence-corrected chi connectivity index (χ3v) is 3.87. The molecule has 2 nitrogen and oxygen atoms in total. The molecule has 0 spiro atoms. The minimum Gasteiger partial charge on any atom is -0.403 e. The first-order valence-corrected chi connectivity index (χ1v) is 7.67. The van der Waals surface area contributed by atoms with Crippen LogP contribution in [-0.4, -0.2) is 13.3 Å². The topological polar surface area (TPSA) is 29.1 Å². The molecule has 0 bridgehead atoms. The molecule has 0 radical (unpaired) electrons. The lowest BCUT2D eigenvalue weighted by Crippen LogP contribution is -2.33. The van der Waals surface area contributed by atoms with E-state index in [1.807, 2.05) is 13.7 Å². The zero-order chi connectivity index (χ0) is 15.2. The van der Waals surface area contributed by atoms with Crippen molar-refractivity contribution < 1.29 is 4.79 Å². The predicted molar refractivity (Wildman–Crippen MR) is 88.2 cm³/mol. The zero-order valence-electron chi connectivity index (χ0n) is 13.6. The smallest absolute Gasteiger partial charge is 0.232 e. The lowest BCUT2D eigenvalue weighted by atomic mass is 9.78. The van der Waals surface area contributed by atoms with Crippen molar-refractivity contribution in [3.05, 3.63) is 35.4 Å². The van der Waals surface area contributed by atoms with Gasteiger partial charge in [0, 0.05) is 5.92 Å². The molecule has 1 aromatic rings. The van der Waals surface area contributed by atoms with E-state index in [4.69, 9.17) is 0 Å². The Morgan fingerprint density at radius 1 is 1.30 bits per heavy atom. The summed E-state index contributed by atoms with van der Waals surface area (Å²) < 4.78 is 0. The van der Waals surface area contributed by atoms with Crippen LogP contribution in [0.3, 0.4) is 0 Å². The SMILES string of the molecule is CBNC(=O)C(C)CC(C)(C)CCc1ccc(C)cc1. The highest BCUT2D eigenvalue weighted by Crippen LogP contribution is 2.30. The summed E-state index contributed by atoms with van der Waals surface area (Å²) in [4.78, 5) is 11.8. The van der Waals surface area contributed by atoms with Crippen LogP contribution in [0.25, 0.3) is 0 Å².